The molecule has 2 saturated heterocycles. The predicted octanol–water partition coefficient (Wildman–Crippen LogP) is 3.30. The van der Waals surface area contributed by atoms with Crippen LogP contribution in [0.3, 0.4) is 0 Å². The average Bonchev–Trinajstić information content (AvgIpc) is 3.20. The molecule has 0 bridgehead atoms. The van der Waals surface area contributed by atoms with Crippen molar-refractivity contribution in [1.29, 1.82) is 0 Å². The summed E-state index contributed by atoms with van der Waals surface area (Å²) in [5.41, 5.74) is 0.540. The van der Waals surface area contributed by atoms with Gasteiger partial charge in [0.25, 0.3) is 0 Å². The van der Waals surface area contributed by atoms with E-state index in [-0.39, 0.29) is 0 Å². The lowest BCUT2D eigenvalue weighted by molar-refractivity contribution is -0.136. The molecule has 1 aromatic heterocycles. The van der Waals surface area contributed by atoms with Gasteiger partial charge in [0.1, 0.15) is 5.76 Å². The molecule has 144 valence electrons. The number of morpholine rings is 1. The number of piperidine rings is 1. The highest BCUT2D eigenvalue weighted by molar-refractivity contribution is 5.76. The van der Waals surface area contributed by atoms with Crippen molar-refractivity contribution in [3.63, 3.8) is 0 Å². The van der Waals surface area contributed by atoms with Crippen LogP contribution in [0.25, 0.3) is 0 Å². The van der Waals surface area contributed by atoms with E-state index in [4.69, 9.17) is 9.15 Å². The number of carbonyl (C=O) groups is 1. The van der Waals surface area contributed by atoms with Crippen molar-refractivity contribution < 1.29 is 13.9 Å². The van der Waals surface area contributed by atoms with Gasteiger partial charge in [-0.2, -0.15) is 0 Å². The van der Waals surface area contributed by atoms with E-state index in [1.807, 2.05) is 11.0 Å². The van der Waals surface area contributed by atoms with Gasteiger partial charge in [-0.05, 0) is 75.1 Å². The van der Waals surface area contributed by atoms with Crippen molar-refractivity contribution in [2.75, 3.05) is 39.4 Å². The Morgan fingerprint density at radius 2 is 1.81 bits per heavy atom. The molecule has 0 unspecified atom stereocenters. The normalized spacial score (nSPS) is 24.8. The Morgan fingerprint density at radius 3 is 2.46 bits per heavy atom. The Kier molecular flexibility index (Phi) is 5.65. The van der Waals surface area contributed by atoms with Crippen molar-refractivity contribution in [3.8, 4) is 0 Å². The molecule has 5 nitrogen and oxygen atoms in total. The summed E-state index contributed by atoms with van der Waals surface area (Å²) in [6.45, 7) is 6.26. The zero-order valence-electron chi connectivity index (χ0n) is 15.8. The molecule has 2 aliphatic heterocycles. The second-order valence-corrected chi connectivity index (χ2v) is 8.50. The van der Waals surface area contributed by atoms with Crippen LogP contribution in [-0.2, 0) is 16.1 Å². The summed E-state index contributed by atoms with van der Waals surface area (Å²) in [7, 11) is 0. The SMILES string of the molecule is O=C(CC1CCC2(CC1)CCN(Cc1ccco1)CC2)N1CCOCC1. The summed E-state index contributed by atoms with van der Waals surface area (Å²) in [5, 5.41) is 0. The molecule has 26 heavy (non-hydrogen) atoms. The van der Waals surface area contributed by atoms with E-state index in [1.54, 1.807) is 6.26 Å². The van der Waals surface area contributed by atoms with Crippen molar-refractivity contribution in [2.45, 2.75) is 51.5 Å². The fraction of sp³-hybridized carbons (Fsp3) is 0.762. The Morgan fingerprint density at radius 1 is 1.08 bits per heavy atom. The maximum absolute atomic E-state index is 12.5. The van der Waals surface area contributed by atoms with Gasteiger partial charge in [0.2, 0.25) is 5.91 Å². The molecule has 4 rings (SSSR count). The second kappa shape index (κ2) is 8.13. The third-order valence-corrected chi connectivity index (χ3v) is 6.87. The van der Waals surface area contributed by atoms with E-state index < -0.39 is 0 Å². The van der Waals surface area contributed by atoms with Crippen LogP contribution >= 0.6 is 0 Å². The van der Waals surface area contributed by atoms with Gasteiger partial charge in [0, 0.05) is 19.5 Å². The van der Waals surface area contributed by atoms with Crippen LogP contribution in [0.1, 0.15) is 50.7 Å². The van der Waals surface area contributed by atoms with Gasteiger partial charge in [-0.1, -0.05) is 0 Å². The minimum absolute atomic E-state index is 0.350. The summed E-state index contributed by atoms with van der Waals surface area (Å²) in [5.74, 6) is 2.02. The van der Waals surface area contributed by atoms with E-state index in [9.17, 15) is 4.79 Å². The smallest absolute Gasteiger partial charge is 0.223 e. The van der Waals surface area contributed by atoms with Gasteiger partial charge < -0.3 is 14.1 Å². The number of likely N-dealkylation sites (tertiary alicyclic amines) is 1. The molecule has 3 heterocycles. The van der Waals surface area contributed by atoms with E-state index in [2.05, 4.69) is 11.0 Å². The van der Waals surface area contributed by atoms with Gasteiger partial charge in [-0.15, -0.1) is 0 Å². The molecule has 0 radical (unpaired) electrons. The molecule has 1 amide bonds. The number of nitrogens with zero attached hydrogens (tertiary/aromatic N) is 2. The molecule has 0 atom stereocenters. The molecule has 1 aliphatic carbocycles. The van der Waals surface area contributed by atoms with E-state index in [0.29, 0.717) is 30.5 Å². The van der Waals surface area contributed by atoms with Crippen LogP contribution in [0.2, 0.25) is 0 Å². The molecule has 1 spiro atoms. The Labute approximate surface area is 156 Å². The van der Waals surface area contributed by atoms with Crippen LogP contribution in [0, 0.1) is 11.3 Å². The minimum atomic E-state index is 0.350. The minimum Gasteiger partial charge on any atom is -0.468 e. The maximum atomic E-state index is 12.5. The van der Waals surface area contributed by atoms with E-state index in [1.165, 1.54) is 51.6 Å². The first kappa shape index (κ1) is 18.1. The van der Waals surface area contributed by atoms with Gasteiger partial charge in [0.05, 0.1) is 26.0 Å². The number of hydrogen-bond donors (Lipinski definition) is 0. The zero-order valence-corrected chi connectivity index (χ0v) is 15.8. The Bertz CT molecular complexity index is 562. The lowest BCUT2D eigenvalue weighted by Gasteiger charge is -2.46. The van der Waals surface area contributed by atoms with Crippen molar-refractivity contribution in [2.24, 2.45) is 11.3 Å². The average molecular weight is 360 g/mol. The van der Waals surface area contributed by atoms with Gasteiger partial charge in [-0.3, -0.25) is 9.69 Å². The van der Waals surface area contributed by atoms with Gasteiger partial charge >= 0.3 is 0 Å². The maximum Gasteiger partial charge on any atom is 0.223 e. The number of rotatable bonds is 4. The predicted molar refractivity (Wildman–Crippen MR) is 99.6 cm³/mol. The summed E-state index contributed by atoms with van der Waals surface area (Å²) >= 11 is 0. The molecule has 3 aliphatic rings. The first-order valence-electron chi connectivity index (χ1n) is 10.3. The fourth-order valence-electron chi connectivity index (χ4n) is 4.99. The second-order valence-electron chi connectivity index (χ2n) is 8.50. The Hall–Kier alpha value is -1.33. The third kappa shape index (κ3) is 4.32. The van der Waals surface area contributed by atoms with Crippen LogP contribution in [-0.4, -0.2) is 55.1 Å². The first-order chi connectivity index (χ1) is 12.7. The van der Waals surface area contributed by atoms with Crippen LogP contribution in [0.4, 0.5) is 0 Å². The molecule has 0 aromatic carbocycles. The summed E-state index contributed by atoms with van der Waals surface area (Å²) in [6.07, 6.45) is 10.2. The molecule has 1 aromatic rings. The van der Waals surface area contributed by atoms with Crippen LogP contribution < -0.4 is 0 Å². The van der Waals surface area contributed by atoms with Crippen molar-refractivity contribution in [1.82, 2.24) is 9.80 Å². The van der Waals surface area contributed by atoms with E-state index >= 15 is 0 Å². The topological polar surface area (TPSA) is 45.9 Å². The third-order valence-electron chi connectivity index (χ3n) is 6.87. The summed E-state index contributed by atoms with van der Waals surface area (Å²) in [4.78, 5) is 17.0. The highest BCUT2D eigenvalue weighted by Gasteiger charge is 2.38. The first-order valence-corrected chi connectivity index (χ1v) is 10.3. The lowest BCUT2D eigenvalue weighted by Crippen LogP contribution is -2.43. The zero-order chi connectivity index (χ0) is 17.8. The number of carbonyl (C=O) groups excluding carboxylic acids is 1. The lowest BCUT2D eigenvalue weighted by atomic mass is 9.65. The standard InChI is InChI=1S/C21H32N2O3/c24-20(23-11-14-25-15-12-23)16-18-3-5-21(6-4-18)7-9-22(10-8-21)17-19-2-1-13-26-19/h1-2,13,18H,3-12,14-17H2. The molecule has 5 heteroatoms. The van der Waals surface area contributed by atoms with Gasteiger partial charge in [0.15, 0.2) is 0 Å². The number of hydrogen-bond acceptors (Lipinski definition) is 4. The van der Waals surface area contributed by atoms with Crippen LogP contribution in [0.15, 0.2) is 22.8 Å². The fourth-order valence-corrected chi connectivity index (χ4v) is 4.99. The molecular formula is C21H32N2O3. The van der Waals surface area contributed by atoms with E-state index in [0.717, 1.165) is 31.8 Å². The van der Waals surface area contributed by atoms with Crippen molar-refractivity contribution in [3.05, 3.63) is 24.2 Å². The summed E-state index contributed by atoms with van der Waals surface area (Å²) < 4.78 is 10.8. The molecule has 1 saturated carbocycles. The molecule has 0 N–H and O–H groups in total. The van der Waals surface area contributed by atoms with Crippen molar-refractivity contribution >= 4 is 5.91 Å². The quantitative estimate of drug-likeness (QED) is 0.826. The largest absolute Gasteiger partial charge is 0.468 e. The summed E-state index contributed by atoms with van der Waals surface area (Å²) in [6, 6.07) is 4.04. The highest BCUT2D eigenvalue weighted by Crippen LogP contribution is 2.47. The number of furan rings is 1. The van der Waals surface area contributed by atoms with Crippen LogP contribution in [0.5, 0.6) is 0 Å². The monoisotopic (exact) mass is 360 g/mol. The number of amides is 1. The molecule has 3 fully saturated rings. The van der Waals surface area contributed by atoms with Gasteiger partial charge in [-0.25, -0.2) is 0 Å². The molecular weight excluding hydrogens is 328 g/mol. The Balaban J connectivity index is 1.20. The number of ether oxygens (including phenoxy) is 1. The highest BCUT2D eigenvalue weighted by atomic mass is 16.5.